The fraction of sp³-hybridized carbons (Fsp3) is 0.400. The normalized spacial score (nSPS) is 13.1. The molecule has 0 heterocycles. The zero-order chi connectivity index (χ0) is 15.9. The summed E-state index contributed by atoms with van der Waals surface area (Å²) in [6.45, 7) is 5.24. The lowest BCUT2D eigenvalue weighted by atomic mass is 10.0. The third kappa shape index (κ3) is 6.43. The molecule has 0 radical (unpaired) electrons. The lowest BCUT2D eigenvalue weighted by Crippen LogP contribution is -2.41. The number of aliphatic hydroxyl groups excluding tert-OH is 1. The molecule has 6 heteroatoms. The number of nitrogens with zero attached hydrogens (tertiary/aromatic N) is 2. The quantitative estimate of drug-likeness (QED) is 0.657. The molecule has 0 aliphatic heterocycles. The lowest BCUT2D eigenvalue weighted by molar-refractivity contribution is 0.0501. The second-order valence-corrected chi connectivity index (χ2v) is 5.56. The molecule has 0 bridgehead atoms. The van der Waals surface area contributed by atoms with Gasteiger partial charge in [0.2, 0.25) is 11.2 Å². The van der Waals surface area contributed by atoms with Crippen molar-refractivity contribution < 1.29 is 14.6 Å². The summed E-state index contributed by atoms with van der Waals surface area (Å²) >= 11 is 0. The smallest absolute Gasteiger partial charge is 0.408 e. The zero-order valence-electron chi connectivity index (χ0n) is 12.4. The molecule has 1 rings (SSSR count). The van der Waals surface area contributed by atoms with Crippen LogP contribution in [0.1, 0.15) is 26.3 Å². The molecular weight excluding hydrogens is 270 g/mol. The SMILES string of the molecule is CC(C)(C)OC(=O)N[C@H](Cc1ccccc1)/C(O)=C/[N+]#N. The van der Waals surface area contributed by atoms with E-state index in [4.69, 9.17) is 10.1 Å². The van der Waals surface area contributed by atoms with Crippen LogP contribution < -0.4 is 5.32 Å². The molecule has 0 unspecified atom stereocenters. The third-order valence-corrected chi connectivity index (χ3v) is 2.52. The third-order valence-electron chi connectivity index (χ3n) is 2.52. The van der Waals surface area contributed by atoms with E-state index in [0.29, 0.717) is 6.42 Å². The maximum Gasteiger partial charge on any atom is 0.408 e. The van der Waals surface area contributed by atoms with Crippen molar-refractivity contribution in [2.24, 2.45) is 0 Å². The molecule has 1 aromatic rings. The summed E-state index contributed by atoms with van der Waals surface area (Å²) in [5, 5.41) is 20.9. The van der Waals surface area contributed by atoms with Crippen LogP contribution in [0.5, 0.6) is 0 Å². The number of nitrogens with one attached hydrogen (secondary N) is 1. The summed E-state index contributed by atoms with van der Waals surface area (Å²) in [7, 11) is 0. The summed E-state index contributed by atoms with van der Waals surface area (Å²) in [6.07, 6.45) is 0.574. The largest absolute Gasteiger partial charge is 0.504 e. The van der Waals surface area contributed by atoms with Gasteiger partial charge in [-0.2, -0.15) is 0 Å². The van der Waals surface area contributed by atoms with Gasteiger partial charge in [-0.3, -0.25) is 0 Å². The number of hydrogen-bond acceptors (Lipinski definition) is 4. The second-order valence-electron chi connectivity index (χ2n) is 5.56. The Bertz CT molecular complexity index is 542. The van der Waals surface area contributed by atoms with Crippen molar-refractivity contribution in [2.75, 3.05) is 0 Å². The van der Waals surface area contributed by atoms with E-state index in [-0.39, 0.29) is 5.76 Å². The number of hydrogen-bond donors (Lipinski definition) is 2. The first-order valence-electron chi connectivity index (χ1n) is 6.58. The standard InChI is InChI=1S/C15H19N3O3/c1-15(2,3)21-14(20)18-12(13(19)10-17-16)9-11-7-5-4-6-8-11/h4-8,10,12H,9H2,1-3H3,(H-,18,19,20)/p+1/b13-10-/t12-/m1/s1. The van der Waals surface area contributed by atoms with Crippen molar-refractivity contribution in [1.29, 1.82) is 5.39 Å². The van der Waals surface area contributed by atoms with Gasteiger partial charge in [-0.25, -0.2) is 4.79 Å². The van der Waals surface area contributed by atoms with E-state index in [2.05, 4.69) is 10.3 Å². The summed E-state index contributed by atoms with van der Waals surface area (Å²) < 4.78 is 5.15. The maximum atomic E-state index is 11.8. The molecule has 112 valence electrons. The number of amides is 1. The average Bonchev–Trinajstić information content (AvgIpc) is 2.37. The van der Waals surface area contributed by atoms with Gasteiger partial charge in [0.25, 0.3) is 0 Å². The Morgan fingerprint density at radius 1 is 1.43 bits per heavy atom. The van der Waals surface area contributed by atoms with Gasteiger partial charge in [0.05, 0.1) is 0 Å². The van der Waals surface area contributed by atoms with Crippen molar-refractivity contribution in [3.63, 3.8) is 0 Å². The average molecular weight is 290 g/mol. The highest BCUT2D eigenvalue weighted by atomic mass is 16.6. The number of aliphatic hydroxyl groups is 1. The molecule has 6 nitrogen and oxygen atoms in total. The van der Waals surface area contributed by atoms with E-state index in [1.165, 1.54) is 0 Å². The van der Waals surface area contributed by atoms with E-state index in [9.17, 15) is 9.90 Å². The van der Waals surface area contributed by atoms with Gasteiger partial charge in [0, 0.05) is 6.42 Å². The molecule has 2 N–H and O–H groups in total. The van der Waals surface area contributed by atoms with Crippen molar-refractivity contribution >= 4 is 6.09 Å². The van der Waals surface area contributed by atoms with E-state index >= 15 is 0 Å². The van der Waals surface area contributed by atoms with Crippen LogP contribution in [0.4, 0.5) is 4.79 Å². The molecule has 0 saturated carbocycles. The summed E-state index contributed by atoms with van der Waals surface area (Å²) in [5.74, 6) is -0.257. The van der Waals surface area contributed by atoms with Gasteiger partial charge in [0.1, 0.15) is 11.6 Å². The van der Waals surface area contributed by atoms with Crippen LogP contribution in [0, 0.1) is 5.39 Å². The molecule has 1 amide bonds. The van der Waals surface area contributed by atoms with Crippen molar-refractivity contribution in [3.05, 3.63) is 52.8 Å². The molecular formula is C15H20N3O3+. The highest BCUT2D eigenvalue weighted by molar-refractivity contribution is 5.68. The van der Waals surface area contributed by atoms with Gasteiger partial charge in [0.15, 0.2) is 4.98 Å². The molecule has 0 spiro atoms. The van der Waals surface area contributed by atoms with Crippen LogP contribution in [-0.4, -0.2) is 22.8 Å². The molecule has 1 aromatic carbocycles. The maximum absolute atomic E-state index is 11.8. The molecule has 0 aliphatic rings. The topological polar surface area (TPSA) is 86.7 Å². The molecule has 0 aromatic heterocycles. The lowest BCUT2D eigenvalue weighted by Gasteiger charge is -2.22. The summed E-state index contributed by atoms with van der Waals surface area (Å²) in [5.41, 5.74) is 0.277. The fourth-order valence-corrected chi connectivity index (χ4v) is 1.68. The van der Waals surface area contributed by atoms with Gasteiger partial charge in [-0.15, -0.1) is 0 Å². The van der Waals surface area contributed by atoms with Crippen LogP contribution >= 0.6 is 0 Å². The van der Waals surface area contributed by atoms with E-state index in [1.54, 1.807) is 20.8 Å². The van der Waals surface area contributed by atoms with Crippen LogP contribution in [-0.2, 0) is 11.2 Å². The zero-order valence-corrected chi connectivity index (χ0v) is 12.4. The van der Waals surface area contributed by atoms with Crippen molar-refractivity contribution in [1.82, 2.24) is 5.32 Å². The highest BCUT2D eigenvalue weighted by Crippen LogP contribution is 2.11. The van der Waals surface area contributed by atoms with Crippen molar-refractivity contribution in [3.8, 4) is 0 Å². The van der Waals surface area contributed by atoms with Gasteiger partial charge < -0.3 is 15.2 Å². The number of carbonyl (C=O) groups is 1. The number of benzene rings is 1. The molecule has 0 fully saturated rings. The first-order chi connectivity index (χ1) is 9.81. The predicted molar refractivity (Wildman–Crippen MR) is 79.1 cm³/mol. The predicted octanol–water partition coefficient (Wildman–Crippen LogP) is 3.37. The molecule has 0 aliphatic carbocycles. The Kier molecular flexibility index (Phi) is 5.73. The first kappa shape index (κ1) is 16.5. The number of carbonyl (C=O) groups excluding carboxylic acids is 1. The minimum absolute atomic E-state index is 0.257. The Morgan fingerprint density at radius 2 is 2.05 bits per heavy atom. The van der Waals surface area contributed by atoms with Crippen molar-refractivity contribution in [2.45, 2.75) is 38.8 Å². The molecule has 0 saturated heterocycles. The van der Waals surface area contributed by atoms with E-state index < -0.39 is 17.7 Å². The van der Waals surface area contributed by atoms with Gasteiger partial charge in [-0.05, 0) is 26.3 Å². The van der Waals surface area contributed by atoms with Crippen LogP contribution in [0.15, 0.2) is 42.3 Å². The highest BCUT2D eigenvalue weighted by Gasteiger charge is 2.24. The van der Waals surface area contributed by atoms with Crippen LogP contribution in [0.2, 0.25) is 0 Å². The number of alkyl carbamates (subject to hydrolysis) is 1. The van der Waals surface area contributed by atoms with E-state index in [0.717, 1.165) is 11.8 Å². The first-order valence-corrected chi connectivity index (χ1v) is 6.58. The molecule has 21 heavy (non-hydrogen) atoms. The number of rotatable bonds is 4. The fourth-order valence-electron chi connectivity index (χ4n) is 1.68. The van der Waals surface area contributed by atoms with Crippen LogP contribution in [0.3, 0.4) is 0 Å². The summed E-state index contributed by atoms with van der Waals surface area (Å²) in [6, 6.07) is 8.59. The van der Waals surface area contributed by atoms with Gasteiger partial charge >= 0.3 is 12.3 Å². The minimum atomic E-state index is -0.738. The van der Waals surface area contributed by atoms with Gasteiger partial charge in [-0.1, -0.05) is 30.3 Å². The monoisotopic (exact) mass is 290 g/mol. The Balaban J connectivity index is 2.81. The van der Waals surface area contributed by atoms with Crippen LogP contribution in [0.25, 0.3) is 4.98 Å². The second kappa shape index (κ2) is 7.29. The Labute approximate surface area is 124 Å². The summed E-state index contributed by atoms with van der Waals surface area (Å²) in [4.78, 5) is 14.6. The molecule has 1 atom stereocenters. The van der Waals surface area contributed by atoms with E-state index in [1.807, 2.05) is 30.3 Å². The number of diazo groups is 1. The number of ether oxygens (including phenoxy) is 1. The minimum Gasteiger partial charge on any atom is -0.504 e. The Morgan fingerprint density at radius 3 is 2.57 bits per heavy atom. The Hall–Kier alpha value is -2.55.